The number of guanidine groups is 1. The van der Waals surface area contributed by atoms with Crippen molar-refractivity contribution in [3.63, 3.8) is 0 Å². The third-order valence-corrected chi connectivity index (χ3v) is 4.06. The summed E-state index contributed by atoms with van der Waals surface area (Å²) in [4.78, 5) is 17.4. The molecule has 2 aromatic rings. The monoisotopic (exact) mass is 512 g/mol. The van der Waals surface area contributed by atoms with Gasteiger partial charge >= 0.3 is 0 Å². The number of carbonyl (C=O) groups is 1. The molecule has 0 spiro atoms. The molecule has 0 aliphatic rings. The van der Waals surface area contributed by atoms with Crippen molar-refractivity contribution in [3.05, 3.63) is 59.7 Å². The van der Waals surface area contributed by atoms with Gasteiger partial charge in [-0.25, -0.2) is 0 Å². The van der Waals surface area contributed by atoms with E-state index in [1.54, 1.807) is 28.3 Å². The minimum absolute atomic E-state index is 0. The Hall–Kier alpha value is -2.49. The van der Waals surface area contributed by atoms with E-state index in [0.29, 0.717) is 24.8 Å². The average Bonchev–Trinajstić information content (AvgIpc) is 2.72. The Labute approximate surface area is 189 Å². The van der Waals surface area contributed by atoms with Crippen molar-refractivity contribution >= 4 is 35.8 Å². The molecule has 158 valence electrons. The Balaban J connectivity index is 0.00000420. The van der Waals surface area contributed by atoms with Crippen LogP contribution in [0.15, 0.2) is 53.5 Å². The van der Waals surface area contributed by atoms with Crippen molar-refractivity contribution in [2.75, 3.05) is 34.9 Å². The first-order valence-electron chi connectivity index (χ1n) is 9.01. The predicted molar refractivity (Wildman–Crippen MR) is 126 cm³/mol. The van der Waals surface area contributed by atoms with Crippen LogP contribution in [0.4, 0.5) is 0 Å². The maximum Gasteiger partial charge on any atom is 0.259 e. The van der Waals surface area contributed by atoms with Crippen LogP contribution in [0.2, 0.25) is 0 Å². The number of nitrogens with one attached hydrogen (secondary N) is 2. The number of benzene rings is 2. The highest BCUT2D eigenvalue weighted by Crippen LogP contribution is 2.13. The highest BCUT2D eigenvalue weighted by atomic mass is 127. The van der Waals surface area contributed by atoms with Crippen molar-refractivity contribution < 1.29 is 14.3 Å². The number of aliphatic imine (C=N–C) groups is 1. The SMILES string of the molecule is CN=C(NCc1ccc(OC)cc1)NCc1cccc(OCC(=O)N(C)C)c1.I. The third kappa shape index (κ3) is 8.59. The molecule has 0 unspecified atom stereocenters. The standard InChI is InChI=1S/C21H28N4O3.HI/c1-22-21(23-13-16-8-10-18(27-4)11-9-16)24-14-17-6-5-7-19(12-17)28-15-20(26)25(2)3;/h5-12H,13-15H2,1-4H3,(H2,22,23,24);1H. The van der Waals surface area contributed by atoms with Crippen LogP contribution in [0, 0.1) is 0 Å². The van der Waals surface area contributed by atoms with Gasteiger partial charge in [-0.2, -0.15) is 0 Å². The topological polar surface area (TPSA) is 75.2 Å². The molecule has 0 saturated heterocycles. The molecule has 2 N–H and O–H groups in total. The number of rotatable bonds is 8. The van der Waals surface area contributed by atoms with E-state index in [4.69, 9.17) is 9.47 Å². The van der Waals surface area contributed by atoms with Crippen LogP contribution >= 0.6 is 24.0 Å². The van der Waals surface area contributed by atoms with Gasteiger partial charge in [0.15, 0.2) is 12.6 Å². The van der Waals surface area contributed by atoms with Crippen LogP contribution in [0.5, 0.6) is 11.5 Å². The van der Waals surface area contributed by atoms with Gasteiger partial charge in [0.25, 0.3) is 5.91 Å². The Bertz CT molecular complexity index is 795. The van der Waals surface area contributed by atoms with E-state index >= 15 is 0 Å². The number of nitrogens with zero attached hydrogens (tertiary/aromatic N) is 2. The van der Waals surface area contributed by atoms with Gasteiger partial charge in [0, 0.05) is 34.2 Å². The fraction of sp³-hybridized carbons (Fsp3) is 0.333. The van der Waals surface area contributed by atoms with E-state index in [1.807, 2.05) is 48.5 Å². The van der Waals surface area contributed by atoms with Crippen LogP contribution < -0.4 is 20.1 Å². The van der Waals surface area contributed by atoms with E-state index in [2.05, 4.69) is 15.6 Å². The van der Waals surface area contributed by atoms with Crippen molar-refractivity contribution in [3.8, 4) is 11.5 Å². The molecule has 0 bridgehead atoms. The zero-order chi connectivity index (χ0) is 20.4. The van der Waals surface area contributed by atoms with E-state index < -0.39 is 0 Å². The lowest BCUT2D eigenvalue weighted by Gasteiger charge is -2.14. The molecule has 2 rings (SSSR count). The Morgan fingerprint density at radius 1 is 1.00 bits per heavy atom. The molecule has 0 atom stereocenters. The van der Waals surface area contributed by atoms with Gasteiger partial charge in [-0.05, 0) is 35.4 Å². The fourth-order valence-corrected chi connectivity index (χ4v) is 2.35. The zero-order valence-corrected chi connectivity index (χ0v) is 19.6. The summed E-state index contributed by atoms with van der Waals surface area (Å²) in [5.41, 5.74) is 2.16. The number of halogens is 1. The van der Waals surface area contributed by atoms with Crippen molar-refractivity contribution in [2.45, 2.75) is 13.1 Å². The number of methoxy groups -OCH3 is 1. The number of carbonyl (C=O) groups excluding carboxylic acids is 1. The normalized spacial score (nSPS) is 10.6. The van der Waals surface area contributed by atoms with Gasteiger partial charge < -0.3 is 25.0 Å². The summed E-state index contributed by atoms with van der Waals surface area (Å²) in [6.07, 6.45) is 0. The molecule has 0 radical (unpaired) electrons. The number of ether oxygens (including phenoxy) is 2. The largest absolute Gasteiger partial charge is 0.497 e. The highest BCUT2D eigenvalue weighted by molar-refractivity contribution is 14.0. The minimum Gasteiger partial charge on any atom is -0.497 e. The lowest BCUT2D eigenvalue weighted by atomic mass is 10.2. The number of hydrogen-bond donors (Lipinski definition) is 2. The summed E-state index contributed by atoms with van der Waals surface area (Å²) in [6.45, 7) is 1.26. The fourth-order valence-electron chi connectivity index (χ4n) is 2.35. The van der Waals surface area contributed by atoms with Gasteiger partial charge in [0.05, 0.1) is 7.11 Å². The summed E-state index contributed by atoms with van der Waals surface area (Å²) in [5, 5.41) is 6.55. The van der Waals surface area contributed by atoms with Gasteiger partial charge in [0.1, 0.15) is 11.5 Å². The number of likely N-dealkylation sites (N-methyl/N-ethyl adjacent to an activating group) is 1. The van der Waals surface area contributed by atoms with Gasteiger partial charge in [-0.1, -0.05) is 24.3 Å². The van der Waals surface area contributed by atoms with Gasteiger partial charge in [0.2, 0.25) is 0 Å². The minimum atomic E-state index is -0.0772. The van der Waals surface area contributed by atoms with Crippen LogP contribution in [0.3, 0.4) is 0 Å². The molecular formula is C21H29IN4O3. The first kappa shape index (κ1) is 24.5. The molecule has 0 fully saturated rings. The maximum absolute atomic E-state index is 11.6. The van der Waals surface area contributed by atoms with E-state index in [1.165, 1.54) is 4.90 Å². The lowest BCUT2D eigenvalue weighted by molar-refractivity contribution is -0.130. The summed E-state index contributed by atoms with van der Waals surface area (Å²) in [5.74, 6) is 2.12. The maximum atomic E-state index is 11.6. The molecule has 7 nitrogen and oxygen atoms in total. The second-order valence-corrected chi connectivity index (χ2v) is 6.35. The molecule has 0 saturated carbocycles. The number of hydrogen-bond acceptors (Lipinski definition) is 4. The highest BCUT2D eigenvalue weighted by Gasteiger charge is 2.06. The average molecular weight is 512 g/mol. The second-order valence-electron chi connectivity index (χ2n) is 6.35. The lowest BCUT2D eigenvalue weighted by Crippen LogP contribution is -2.36. The van der Waals surface area contributed by atoms with Gasteiger partial charge in [-0.3, -0.25) is 9.79 Å². The van der Waals surface area contributed by atoms with Crippen molar-refractivity contribution in [2.24, 2.45) is 4.99 Å². The molecule has 29 heavy (non-hydrogen) atoms. The summed E-state index contributed by atoms with van der Waals surface area (Å²) in [6, 6.07) is 15.5. The van der Waals surface area contributed by atoms with Gasteiger partial charge in [-0.15, -0.1) is 24.0 Å². The van der Waals surface area contributed by atoms with Crippen molar-refractivity contribution in [1.29, 1.82) is 0 Å². The quantitative estimate of drug-likeness (QED) is 0.323. The van der Waals surface area contributed by atoms with Crippen LogP contribution in [0.1, 0.15) is 11.1 Å². The first-order valence-corrected chi connectivity index (χ1v) is 9.01. The summed E-state index contributed by atoms with van der Waals surface area (Å²) >= 11 is 0. The van der Waals surface area contributed by atoms with Crippen LogP contribution in [0.25, 0.3) is 0 Å². The third-order valence-electron chi connectivity index (χ3n) is 4.06. The molecule has 1 amide bonds. The van der Waals surface area contributed by atoms with Crippen LogP contribution in [-0.2, 0) is 17.9 Å². The molecule has 0 aromatic heterocycles. The summed E-state index contributed by atoms with van der Waals surface area (Å²) < 4.78 is 10.7. The van der Waals surface area contributed by atoms with E-state index in [0.717, 1.165) is 16.9 Å². The van der Waals surface area contributed by atoms with E-state index in [-0.39, 0.29) is 36.5 Å². The molecule has 8 heteroatoms. The Kier molecular flexibility index (Phi) is 10.9. The number of amides is 1. The molecule has 0 aliphatic carbocycles. The molecule has 0 aliphatic heterocycles. The molecular weight excluding hydrogens is 483 g/mol. The molecule has 0 heterocycles. The van der Waals surface area contributed by atoms with E-state index in [9.17, 15) is 4.79 Å². The second kappa shape index (κ2) is 12.9. The predicted octanol–water partition coefficient (Wildman–Crippen LogP) is 2.65. The van der Waals surface area contributed by atoms with Crippen molar-refractivity contribution in [1.82, 2.24) is 15.5 Å². The Morgan fingerprint density at radius 3 is 2.24 bits per heavy atom. The first-order chi connectivity index (χ1) is 13.5. The smallest absolute Gasteiger partial charge is 0.259 e. The molecule has 2 aromatic carbocycles. The summed E-state index contributed by atoms with van der Waals surface area (Å²) in [7, 11) is 6.79. The Morgan fingerprint density at radius 2 is 1.66 bits per heavy atom. The van der Waals surface area contributed by atoms with Crippen LogP contribution in [-0.4, -0.2) is 51.6 Å². The zero-order valence-electron chi connectivity index (χ0n) is 17.3.